The van der Waals surface area contributed by atoms with Gasteiger partial charge in [0, 0.05) is 34.8 Å². The first-order valence-electron chi connectivity index (χ1n) is 6.04. The number of rotatable bonds is 0. The lowest BCUT2D eigenvalue weighted by Gasteiger charge is -2.15. The lowest BCUT2D eigenvalue weighted by molar-refractivity contribution is 0.104. The van der Waals surface area contributed by atoms with Crippen molar-refractivity contribution in [3.8, 4) is 11.3 Å². The quantitative estimate of drug-likeness (QED) is 0.670. The van der Waals surface area contributed by atoms with Crippen LogP contribution in [0.2, 0.25) is 0 Å². The Kier molecular flexibility index (Phi) is 2.06. The molecule has 94 valence electrons. The van der Waals surface area contributed by atoms with Crippen molar-refractivity contribution in [2.75, 3.05) is 0 Å². The summed E-state index contributed by atoms with van der Waals surface area (Å²) in [6.07, 6.45) is 10.9. The number of fused-ring (bicyclic) bond motifs is 5. The first kappa shape index (κ1) is 10.9. The smallest absolute Gasteiger partial charge is 0.191 e. The van der Waals surface area contributed by atoms with Gasteiger partial charge in [-0.25, -0.2) is 9.97 Å². The maximum atomic E-state index is 12.2. The Hall–Kier alpha value is -2.95. The number of nitrogens with zero attached hydrogens (tertiary/aromatic N) is 3. The zero-order chi connectivity index (χ0) is 13.7. The Morgan fingerprint density at radius 2 is 1.85 bits per heavy atom. The van der Waals surface area contributed by atoms with E-state index >= 15 is 0 Å². The molecule has 2 aliphatic carbocycles. The fourth-order valence-corrected chi connectivity index (χ4v) is 2.52. The van der Waals surface area contributed by atoms with E-state index in [0.717, 1.165) is 5.22 Å². The summed E-state index contributed by atoms with van der Waals surface area (Å²) in [4.78, 5) is 36.5. The molecule has 0 aromatic carbocycles. The average Bonchev–Trinajstić information content (AvgIpc) is 2.47. The fourth-order valence-electron chi connectivity index (χ4n) is 2.52. The molecule has 2 aromatic rings. The van der Waals surface area contributed by atoms with Gasteiger partial charge >= 0.3 is 0 Å². The van der Waals surface area contributed by atoms with E-state index < -0.39 is 0 Å². The molecule has 0 N–H and O–H groups in total. The van der Waals surface area contributed by atoms with E-state index in [2.05, 4.69) is 15.0 Å². The van der Waals surface area contributed by atoms with Gasteiger partial charge in [0.05, 0.1) is 16.6 Å². The standard InChI is InChI=1S/C15H7N3O2/c19-11-3-1-2-8-5-17-10-4-12(20)9-6-16-7-18-15(9)14(10)13(8)11/h1-7H. The molecule has 0 bridgehead atoms. The second kappa shape index (κ2) is 3.77. The molecule has 0 radical (unpaired) electrons. The van der Waals surface area contributed by atoms with Crippen molar-refractivity contribution >= 4 is 23.7 Å². The van der Waals surface area contributed by atoms with Crippen LogP contribution >= 0.6 is 0 Å². The minimum absolute atomic E-state index is 0.103. The fraction of sp³-hybridized carbons (Fsp3) is 0. The third kappa shape index (κ3) is 1.34. The third-order valence-corrected chi connectivity index (χ3v) is 3.39. The van der Waals surface area contributed by atoms with E-state index in [4.69, 9.17) is 0 Å². The zero-order valence-corrected chi connectivity index (χ0v) is 10.2. The molecule has 0 fully saturated rings. The molecular formula is C15H7N3O2. The number of hydrogen-bond acceptors (Lipinski definition) is 5. The van der Waals surface area contributed by atoms with Gasteiger partial charge in [0.2, 0.25) is 0 Å². The predicted octanol–water partition coefficient (Wildman–Crippen LogP) is 0.0484. The second-order valence-electron chi connectivity index (χ2n) is 4.53. The van der Waals surface area contributed by atoms with Crippen molar-refractivity contribution < 1.29 is 9.59 Å². The van der Waals surface area contributed by atoms with Crippen LogP contribution in [0.15, 0.2) is 30.9 Å². The van der Waals surface area contributed by atoms with Crippen molar-refractivity contribution in [1.82, 2.24) is 15.0 Å². The summed E-state index contributed by atoms with van der Waals surface area (Å²) in [5.41, 5.74) is 2.03. The largest absolute Gasteiger partial charge is 0.289 e. The number of ketones is 2. The van der Waals surface area contributed by atoms with E-state index in [1.165, 1.54) is 24.7 Å². The normalized spacial score (nSPS) is 14.8. The van der Waals surface area contributed by atoms with Gasteiger partial charge in [0.1, 0.15) is 6.33 Å². The van der Waals surface area contributed by atoms with Crippen LogP contribution in [0, 0.1) is 0 Å². The van der Waals surface area contributed by atoms with Crippen LogP contribution in [-0.2, 0) is 0 Å². The van der Waals surface area contributed by atoms with Gasteiger partial charge in [0.15, 0.2) is 11.6 Å². The van der Waals surface area contributed by atoms with Crippen molar-refractivity contribution in [3.05, 3.63) is 52.6 Å². The van der Waals surface area contributed by atoms with Gasteiger partial charge in [0.25, 0.3) is 0 Å². The van der Waals surface area contributed by atoms with Gasteiger partial charge in [-0.05, 0) is 6.08 Å². The minimum Gasteiger partial charge on any atom is -0.289 e. The van der Waals surface area contributed by atoms with Crippen LogP contribution in [0.25, 0.3) is 23.4 Å². The molecular weight excluding hydrogens is 254 g/mol. The first-order valence-corrected chi connectivity index (χ1v) is 6.04. The van der Waals surface area contributed by atoms with Crippen LogP contribution in [0.5, 0.6) is 0 Å². The average molecular weight is 261 g/mol. The van der Waals surface area contributed by atoms with Crippen LogP contribution in [0.3, 0.4) is 0 Å². The van der Waals surface area contributed by atoms with Crippen LogP contribution in [0.1, 0.15) is 20.7 Å². The first-order chi connectivity index (χ1) is 9.75. The summed E-state index contributed by atoms with van der Waals surface area (Å²) in [7, 11) is 0. The molecule has 4 rings (SSSR count). The molecule has 0 aliphatic heterocycles. The SMILES string of the molecule is O=C1C=c2ncc3c(c2-c2ncncc21)C(=O)C=CC=3. The van der Waals surface area contributed by atoms with Gasteiger partial charge in [-0.3, -0.25) is 14.6 Å². The minimum atomic E-state index is -0.191. The Balaban J connectivity index is 2.23. The molecule has 5 nitrogen and oxygen atoms in total. The Bertz CT molecular complexity index is 942. The van der Waals surface area contributed by atoms with Gasteiger partial charge < -0.3 is 0 Å². The zero-order valence-electron chi connectivity index (χ0n) is 10.2. The van der Waals surface area contributed by atoms with E-state index in [0.29, 0.717) is 27.7 Å². The lowest BCUT2D eigenvalue weighted by Crippen LogP contribution is -2.30. The van der Waals surface area contributed by atoms with E-state index in [1.54, 1.807) is 12.3 Å². The molecule has 0 amide bonds. The molecule has 0 unspecified atom stereocenters. The van der Waals surface area contributed by atoms with Gasteiger partial charge in [-0.15, -0.1) is 0 Å². The molecule has 0 saturated heterocycles. The maximum absolute atomic E-state index is 12.2. The highest BCUT2D eigenvalue weighted by Gasteiger charge is 2.25. The number of carbonyl (C=O) groups excluding carboxylic acids is 2. The highest BCUT2D eigenvalue weighted by atomic mass is 16.1. The number of hydrogen-bond donors (Lipinski definition) is 0. The Morgan fingerprint density at radius 3 is 2.75 bits per heavy atom. The highest BCUT2D eigenvalue weighted by Crippen LogP contribution is 2.24. The third-order valence-electron chi connectivity index (χ3n) is 3.39. The van der Waals surface area contributed by atoms with Crippen molar-refractivity contribution in [1.29, 1.82) is 0 Å². The number of allylic oxidation sites excluding steroid dienone is 2. The molecule has 0 spiro atoms. The molecule has 2 aliphatic rings. The summed E-state index contributed by atoms with van der Waals surface area (Å²) in [6, 6.07) is 0. The predicted molar refractivity (Wildman–Crippen MR) is 71.2 cm³/mol. The molecule has 0 atom stereocenters. The number of carbonyl (C=O) groups is 2. The molecule has 0 saturated carbocycles. The van der Waals surface area contributed by atoms with Crippen molar-refractivity contribution in [3.63, 3.8) is 0 Å². The lowest BCUT2D eigenvalue weighted by atomic mass is 9.91. The Morgan fingerprint density at radius 1 is 0.950 bits per heavy atom. The molecule has 20 heavy (non-hydrogen) atoms. The molecule has 2 aromatic heterocycles. The van der Waals surface area contributed by atoms with Crippen LogP contribution in [0.4, 0.5) is 0 Å². The van der Waals surface area contributed by atoms with Gasteiger partial charge in [-0.1, -0.05) is 12.2 Å². The highest BCUT2D eigenvalue weighted by molar-refractivity contribution is 6.23. The summed E-state index contributed by atoms with van der Waals surface area (Å²) in [5, 5.41) is 1.22. The van der Waals surface area contributed by atoms with E-state index in [1.807, 2.05) is 6.08 Å². The summed E-state index contributed by atoms with van der Waals surface area (Å²) in [5.74, 6) is -0.295. The number of aromatic nitrogens is 3. The molecule has 2 heterocycles. The summed E-state index contributed by atoms with van der Waals surface area (Å²) < 4.78 is 0. The van der Waals surface area contributed by atoms with Crippen LogP contribution in [-0.4, -0.2) is 26.5 Å². The Labute approximate surface area is 113 Å². The van der Waals surface area contributed by atoms with Crippen LogP contribution < -0.4 is 10.6 Å². The number of Topliss-reactive ketones (excluding diaryl/α,β-unsaturated/α-hetero) is 1. The van der Waals surface area contributed by atoms with E-state index in [9.17, 15) is 9.59 Å². The topological polar surface area (TPSA) is 72.8 Å². The monoisotopic (exact) mass is 261 g/mol. The van der Waals surface area contributed by atoms with Gasteiger partial charge in [-0.2, -0.15) is 0 Å². The van der Waals surface area contributed by atoms with E-state index in [-0.39, 0.29) is 11.6 Å². The van der Waals surface area contributed by atoms with Crippen molar-refractivity contribution in [2.24, 2.45) is 0 Å². The second-order valence-corrected chi connectivity index (χ2v) is 4.53. The summed E-state index contributed by atoms with van der Waals surface area (Å²) in [6.45, 7) is 0. The summed E-state index contributed by atoms with van der Waals surface area (Å²) >= 11 is 0. The van der Waals surface area contributed by atoms with Crippen molar-refractivity contribution in [2.45, 2.75) is 0 Å². The molecule has 5 heteroatoms. The maximum Gasteiger partial charge on any atom is 0.191 e. The number of pyridine rings is 1.